The van der Waals surface area contributed by atoms with Crippen LogP contribution < -0.4 is 0 Å². The second kappa shape index (κ2) is 18.6. The number of allylic oxidation sites excluding steroid dienone is 10. The highest BCUT2D eigenvalue weighted by Gasteiger charge is 2.13. The smallest absolute Gasteiger partial charge is 0.307 e. The van der Waals surface area contributed by atoms with Crippen molar-refractivity contribution >= 4 is 23.6 Å². The quantitative estimate of drug-likeness (QED) is 0.203. The van der Waals surface area contributed by atoms with E-state index in [1.54, 1.807) is 0 Å². The van der Waals surface area contributed by atoms with Crippen molar-refractivity contribution in [3.05, 3.63) is 60.8 Å². The Morgan fingerprint density at radius 3 is 1.76 bits per heavy atom. The standard InChI is InChI=1S/C22H32O2S/c1-2-3-4-5-6-7-8-9-10-11-12-13-14-15-16-17-18-21(19-20-25)22(23)24/h3-4,6-7,9-10,12-13,16-17,20-21H,2,5,8,11,14-15,18-19H2,1H3,(H,23,24)/b4-3-,7-6-,10-9-,13-12-,17-16+. The SMILES string of the molecule is CC/C=C\C/C=C\C/C=C\C/C=C\CC/C=C/CC(CC=S)C(=O)O. The molecule has 0 fully saturated rings. The predicted octanol–water partition coefficient (Wildman–Crippen LogP) is 6.61. The Morgan fingerprint density at radius 2 is 1.28 bits per heavy atom. The van der Waals surface area contributed by atoms with Gasteiger partial charge in [0.05, 0.1) is 5.92 Å². The van der Waals surface area contributed by atoms with Gasteiger partial charge in [0.15, 0.2) is 0 Å². The topological polar surface area (TPSA) is 37.3 Å². The first-order valence-electron chi connectivity index (χ1n) is 9.13. The molecule has 0 rings (SSSR count). The van der Waals surface area contributed by atoms with Gasteiger partial charge < -0.3 is 5.11 Å². The average molecular weight is 361 g/mol. The van der Waals surface area contributed by atoms with Crippen LogP contribution in [-0.2, 0) is 4.79 Å². The summed E-state index contributed by atoms with van der Waals surface area (Å²) in [6.07, 6.45) is 28.5. The van der Waals surface area contributed by atoms with Gasteiger partial charge in [0.1, 0.15) is 0 Å². The zero-order valence-corrected chi connectivity index (χ0v) is 16.2. The molecule has 0 bridgehead atoms. The Labute approximate surface area is 158 Å². The van der Waals surface area contributed by atoms with E-state index in [-0.39, 0.29) is 5.92 Å². The fourth-order valence-corrected chi connectivity index (χ4v) is 2.31. The van der Waals surface area contributed by atoms with Crippen LogP contribution in [0.3, 0.4) is 0 Å². The summed E-state index contributed by atoms with van der Waals surface area (Å²) in [5.74, 6) is -1.16. The maximum atomic E-state index is 11.0. The Kier molecular flexibility index (Phi) is 17.3. The molecule has 2 nitrogen and oxygen atoms in total. The molecule has 0 amide bonds. The van der Waals surface area contributed by atoms with E-state index in [0.29, 0.717) is 12.8 Å². The number of unbranched alkanes of at least 4 members (excludes halogenated alkanes) is 1. The van der Waals surface area contributed by atoms with E-state index >= 15 is 0 Å². The van der Waals surface area contributed by atoms with Gasteiger partial charge in [-0.05, 0) is 56.7 Å². The van der Waals surface area contributed by atoms with Crippen LogP contribution in [0.5, 0.6) is 0 Å². The first kappa shape index (κ1) is 23.3. The maximum absolute atomic E-state index is 11.0. The summed E-state index contributed by atoms with van der Waals surface area (Å²) in [6.45, 7) is 2.14. The third-order valence-corrected chi connectivity index (χ3v) is 3.73. The molecular weight excluding hydrogens is 328 g/mol. The molecule has 0 aromatic heterocycles. The summed E-state index contributed by atoms with van der Waals surface area (Å²) in [5, 5.41) is 10.5. The minimum atomic E-state index is -0.773. The molecule has 0 radical (unpaired) electrons. The van der Waals surface area contributed by atoms with Gasteiger partial charge in [-0.1, -0.05) is 79.9 Å². The average Bonchev–Trinajstić information content (AvgIpc) is 2.60. The molecule has 138 valence electrons. The van der Waals surface area contributed by atoms with Gasteiger partial charge >= 0.3 is 5.97 Å². The van der Waals surface area contributed by atoms with E-state index in [1.807, 2.05) is 6.08 Å². The number of hydrogen-bond acceptors (Lipinski definition) is 2. The van der Waals surface area contributed by atoms with Crippen molar-refractivity contribution in [2.75, 3.05) is 0 Å². The van der Waals surface area contributed by atoms with Crippen LogP contribution in [0.4, 0.5) is 0 Å². The highest BCUT2D eigenvalue weighted by Crippen LogP contribution is 2.09. The first-order chi connectivity index (χ1) is 12.2. The summed E-state index contributed by atoms with van der Waals surface area (Å²) in [4.78, 5) is 11.0. The number of rotatable bonds is 15. The Hall–Kier alpha value is -1.74. The summed E-state index contributed by atoms with van der Waals surface area (Å²) < 4.78 is 0. The van der Waals surface area contributed by atoms with Crippen molar-refractivity contribution in [2.24, 2.45) is 5.92 Å². The number of carboxylic acid groups (broad SMARTS) is 1. The molecule has 0 aromatic carbocycles. The summed E-state index contributed by atoms with van der Waals surface area (Å²) >= 11 is 4.73. The molecule has 0 aliphatic rings. The molecule has 0 saturated heterocycles. The zero-order valence-electron chi connectivity index (χ0n) is 15.3. The molecular formula is C22H32O2S. The Morgan fingerprint density at radius 1 is 0.800 bits per heavy atom. The zero-order chi connectivity index (χ0) is 18.6. The molecule has 0 heterocycles. The van der Waals surface area contributed by atoms with Gasteiger partial charge in [0.25, 0.3) is 0 Å². The fourth-order valence-electron chi connectivity index (χ4n) is 2.08. The van der Waals surface area contributed by atoms with Gasteiger partial charge in [-0.3, -0.25) is 4.79 Å². The van der Waals surface area contributed by atoms with Crippen molar-refractivity contribution < 1.29 is 9.90 Å². The van der Waals surface area contributed by atoms with E-state index in [1.165, 1.54) is 5.37 Å². The lowest BCUT2D eigenvalue weighted by molar-refractivity contribution is -0.141. The maximum Gasteiger partial charge on any atom is 0.307 e. The summed E-state index contributed by atoms with van der Waals surface area (Å²) in [5.41, 5.74) is 0. The van der Waals surface area contributed by atoms with Crippen molar-refractivity contribution in [2.45, 2.75) is 58.3 Å². The highest BCUT2D eigenvalue weighted by atomic mass is 32.1. The molecule has 1 unspecified atom stereocenters. The largest absolute Gasteiger partial charge is 0.481 e. The van der Waals surface area contributed by atoms with Gasteiger partial charge in [-0.15, -0.1) is 0 Å². The third-order valence-electron chi connectivity index (χ3n) is 3.54. The minimum absolute atomic E-state index is 0.383. The number of thiocarbonyl (C=S) groups is 1. The first-order valence-corrected chi connectivity index (χ1v) is 9.60. The van der Waals surface area contributed by atoms with E-state index in [9.17, 15) is 4.79 Å². The number of aliphatic carboxylic acids is 1. The van der Waals surface area contributed by atoms with Crippen molar-refractivity contribution in [1.82, 2.24) is 0 Å². The van der Waals surface area contributed by atoms with Crippen LogP contribution in [0, 0.1) is 5.92 Å². The van der Waals surface area contributed by atoms with E-state index in [0.717, 1.165) is 38.5 Å². The number of carboxylic acids is 1. The lowest BCUT2D eigenvalue weighted by Crippen LogP contribution is -2.12. The third kappa shape index (κ3) is 16.9. The van der Waals surface area contributed by atoms with Crippen LogP contribution in [0.2, 0.25) is 0 Å². The number of carbonyl (C=O) groups is 1. The second-order valence-electron chi connectivity index (χ2n) is 5.72. The van der Waals surface area contributed by atoms with Crippen LogP contribution >= 0.6 is 12.2 Å². The molecule has 3 heteroatoms. The molecule has 1 N–H and O–H groups in total. The number of hydrogen-bond donors (Lipinski definition) is 1. The highest BCUT2D eigenvalue weighted by molar-refractivity contribution is 7.78. The van der Waals surface area contributed by atoms with Gasteiger partial charge in [0.2, 0.25) is 0 Å². The normalized spacial score (nSPS) is 13.8. The minimum Gasteiger partial charge on any atom is -0.481 e. The lowest BCUT2D eigenvalue weighted by Gasteiger charge is -2.04. The van der Waals surface area contributed by atoms with Gasteiger partial charge in [-0.2, -0.15) is 0 Å². The van der Waals surface area contributed by atoms with E-state index < -0.39 is 5.97 Å². The molecule has 1 atom stereocenters. The summed E-state index contributed by atoms with van der Waals surface area (Å²) in [7, 11) is 0. The Bertz CT molecular complexity index is 484. The molecule has 25 heavy (non-hydrogen) atoms. The van der Waals surface area contributed by atoms with E-state index in [4.69, 9.17) is 17.3 Å². The van der Waals surface area contributed by atoms with E-state index in [2.05, 4.69) is 61.6 Å². The van der Waals surface area contributed by atoms with Crippen molar-refractivity contribution in [3.8, 4) is 0 Å². The summed E-state index contributed by atoms with van der Waals surface area (Å²) in [6, 6.07) is 0. The predicted molar refractivity (Wildman–Crippen MR) is 113 cm³/mol. The fraction of sp³-hybridized carbons (Fsp3) is 0.455. The van der Waals surface area contributed by atoms with Crippen LogP contribution in [-0.4, -0.2) is 16.4 Å². The lowest BCUT2D eigenvalue weighted by atomic mass is 10.0. The van der Waals surface area contributed by atoms with Crippen LogP contribution in [0.15, 0.2) is 60.8 Å². The molecule has 0 saturated carbocycles. The molecule has 0 aromatic rings. The molecule has 0 aliphatic heterocycles. The molecule has 0 aliphatic carbocycles. The monoisotopic (exact) mass is 360 g/mol. The van der Waals surface area contributed by atoms with Gasteiger partial charge in [0, 0.05) is 0 Å². The van der Waals surface area contributed by atoms with Crippen molar-refractivity contribution in [3.63, 3.8) is 0 Å². The van der Waals surface area contributed by atoms with Crippen molar-refractivity contribution in [1.29, 1.82) is 0 Å². The van der Waals surface area contributed by atoms with Crippen LogP contribution in [0.25, 0.3) is 0 Å². The molecule has 0 spiro atoms. The van der Waals surface area contributed by atoms with Crippen LogP contribution in [0.1, 0.15) is 58.3 Å². The Balaban J connectivity index is 3.67. The second-order valence-corrected chi connectivity index (χ2v) is 6.06. The van der Waals surface area contributed by atoms with Gasteiger partial charge in [-0.25, -0.2) is 0 Å².